The number of alkyl halides is 6. The van der Waals surface area contributed by atoms with Crippen LogP contribution in [0.1, 0.15) is 31.2 Å². The van der Waals surface area contributed by atoms with Gasteiger partial charge in [-0.15, -0.1) is 0 Å². The first-order valence-corrected chi connectivity index (χ1v) is 13.6. The number of carbonyl (C=O) groups excluding carboxylic acids is 1. The number of carboxylic acids is 1. The van der Waals surface area contributed by atoms with Gasteiger partial charge in [0, 0.05) is 28.1 Å². The number of aliphatic carboxylic acids is 1. The first kappa shape index (κ1) is 33.2. The largest absolute Gasteiger partial charge is 0.493 e. The van der Waals surface area contributed by atoms with Gasteiger partial charge < -0.3 is 30.1 Å². The minimum Gasteiger partial charge on any atom is -0.493 e. The highest BCUT2D eigenvalue weighted by atomic mass is 32.2. The molecule has 1 aliphatic carbocycles. The molecule has 3 atom stereocenters. The summed E-state index contributed by atoms with van der Waals surface area (Å²) in [5.41, 5.74) is -2.88. The van der Waals surface area contributed by atoms with Crippen LogP contribution in [0.3, 0.4) is 0 Å². The number of carboxylic acid groups (broad SMARTS) is 1. The second kappa shape index (κ2) is 13.3. The van der Waals surface area contributed by atoms with Crippen molar-refractivity contribution in [3.63, 3.8) is 0 Å². The predicted molar refractivity (Wildman–Crippen MR) is 144 cm³/mol. The topological polar surface area (TPSA) is 100 Å². The second-order valence-corrected chi connectivity index (χ2v) is 11.1. The Labute approximate surface area is 242 Å². The third-order valence-corrected chi connectivity index (χ3v) is 8.11. The van der Waals surface area contributed by atoms with Gasteiger partial charge in [0.2, 0.25) is 0 Å². The summed E-state index contributed by atoms with van der Waals surface area (Å²) in [7, 11) is 5.36. The van der Waals surface area contributed by atoms with Crippen LogP contribution in [-0.2, 0) is 10.2 Å². The van der Waals surface area contributed by atoms with Crippen molar-refractivity contribution in [2.24, 2.45) is 0 Å². The number of likely N-dealkylation sites (tertiary alicyclic amines) is 1. The lowest BCUT2D eigenvalue weighted by atomic mass is 9.65. The molecule has 0 radical (unpaired) electrons. The van der Waals surface area contributed by atoms with Gasteiger partial charge in [0.25, 0.3) is 0 Å². The number of thioether (sulfide) groups is 1. The molecule has 232 valence electrons. The first-order valence-electron chi connectivity index (χ1n) is 12.7. The van der Waals surface area contributed by atoms with Crippen LogP contribution in [0.2, 0.25) is 0 Å². The Kier molecular flexibility index (Phi) is 10.5. The minimum atomic E-state index is -5.08. The maximum atomic E-state index is 12.7. The van der Waals surface area contributed by atoms with Crippen LogP contribution in [0, 0.1) is 0 Å². The molecule has 3 N–H and O–H groups in total. The molecule has 1 heterocycles. The van der Waals surface area contributed by atoms with Crippen LogP contribution in [0.15, 0.2) is 47.4 Å². The molecule has 42 heavy (non-hydrogen) atoms. The van der Waals surface area contributed by atoms with Crippen LogP contribution < -0.4 is 20.1 Å². The molecule has 2 fully saturated rings. The number of benzene rings is 2. The zero-order valence-corrected chi connectivity index (χ0v) is 23.8. The molecule has 2 aromatic rings. The SMILES string of the molecule is COc1ccc([C@@]23CC[C@@H](NC(=O)Nc4cccc(SC(F)(F)F)c4)C[C@@H]2N(C)CC3)cc1OC.O=C(O)C(F)(F)F. The van der Waals surface area contributed by atoms with Gasteiger partial charge in [-0.05, 0) is 86.9 Å². The number of ether oxygens (including phenoxy) is 2. The zero-order valence-electron chi connectivity index (χ0n) is 22.9. The summed E-state index contributed by atoms with van der Waals surface area (Å²) in [6.45, 7) is 0.960. The molecule has 0 unspecified atom stereocenters. The van der Waals surface area contributed by atoms with Crippen LogP contribution in [-0.4, -0.2) is 73.6 Å². The average molecular weight is 624 g/mol. The van der Waals surface area contributed by atoms with Crippen molar-refractivity contribution < 1.29 is 50.5 Å². The van der Waals surface area contributed by atoms with Crippen LogP contribution >= 0.6 is 11.8 Å². The minimum absolute atomic E-state index is 0.0280. The third-order valence-electron chi connectivity index (χ3n) is 7.39. The van der Waals surface area contributed by atoms with E-state index in [-0.39, 0.29) is 34.2 Å². The number of likely N-dealkylation sites (N-methyl/N-ethyl adjacent to an activating group) is 1. The number of fused-ring (bicyclic) bond motifs is 1. The summed E-state index contributed by atoms with van der Waals surface area (Å²) >= 11 is -0.203. The number of methoxy groups -OCH3 is 2. The Hall–Kier alpha value is -3.33. The predicted octanol–water partition coefficient (Wildman–Crippen LogP) is 6.27. The molecule has 0 aromatic heterocycles. The number of urea groups is 1. The molecule has 2 aliphatic rings. The molecule has 2 aromatic carbocycles. The van der Waals surface area contributed by atoms with Crippen molar-refractivity contribution in [2.75, 3.05) is 33.1 Å². The Morgan fingerprint density at radius 2 is 1.69 bits per heavy atom. The smallest absolute Gasteiger partial charge is 0.490 e. The molecule has 4 rings (SSSR count). The number of carbonyl (C=O) groups is 2. The van der Waals surface area contributed by atoms with Crippen LogP contribution in [0.5, 0.6) is 11.5 Å². The summed E-state index contributed by atoms with van der Waals surface area (Å²) < 4.78 is 80.7. The van der Waals surface area contributed by atoms with Gasteiger partial charge in [-0.2, -0.15) is 26.3 Å². The van der Waals surface area contributed by atoms with Crippen molar-refractivity contribution in [3.8, 4) is 11.5 Å². The number of nitrogens with zero attached hydrogens (tertiary/aromatic N) is 1. The van der Waals surface area contributed by atoms with Gasteiger partial charge in [-0.25, -0.2) is 9.59 Å². The maximum absolute atomic E-state index is 12.7. The van der Waals surface area contributed by atoms with E-state index in [1.807, 2.05) is 6.07 Å². The van der Waals surface area contributed by atoms with Crippen LogP contribution in [0.25, 0.3) is 0 Å². The third kappa shape index (κ3) is 8.37. The lowest BCUT2D eigenvalue weighted by molar-refractivity contribution is -0.192. The van der Waals surface area contributed by atoms with Crippen molar-refractivity contribution in [2.45, 2.75) is 59.8 Å². The molecule has 15 heteroatoms. The van der Waals surface area contributed by atoms with E-state index in [2.05, 4.69) is 34.7 Å². The highest BCUT2D eigenvalue weighted by Crippen LogP contribution is 2.50. The lowest BCUT2D eigenvalue weighted by Crippen LogP contribution is -2.52. The Morgan fingerprint density at radius 1 is 1.02 bits per heavy atom. The van der Waals surface area contributed by atoms with Gasteiger partial charge in [-0.1, -0.05) is 12.1 Å². The van der Waals surface area contributed by atoms with Gasteiger partial charge in [0.15, 0.2) is 11.5 Å². The molecular weight excluding hydrogens is 592 g/mol. The van der Waals surface area contributed by atoms with E-state index in [1.54, 1.807) is 20.3 Å². The zero-order chi connectivity index (χ0) is 31.3. The molecule has 8 nitrogen and oxygen atoms in total. The molecule has 0 bridgehead atoms. The number of amides is 2. The maximum Gasteiger partial charge on any atom is 0.490 e. The molecule has 2 amide bonds. The fraction of sp³-hybridized carbons (Fsp3) is 0.481. The summed E-state index contributed by atoms with van der Waals surface area (Å²) in [5.74, 6) is -1.36. The van der Waals surface area contributed by atoms with Crippen LogP contribution in [0.4, 0.5) is 36.8 Å². The second-order valence-electron chi connectivity index (χ2n) is 9.92. The molecule has 0 spiro atoms. The van der Waals surface area contributed by atoms with E-state index in [9.17, 15) is 31.1 Å². The van der Waals surface area contributed by atoms with E-state index in [0.717, 1.165) is 32.2 Å². The molecular formula is C27H31F6N3O5S. The van der Waals surface area contributed by atoms with Crippen molar-refractivity contribution in [1.82, 2.24) is 10.2 Å². The average Bonchev–Trinajstić information content (AvgIpc) is 3.24. The Bertz CT molecular complexity index is 1260. The number of hydrogen-bond acceptors (Lipinski definition) is 6. The standard InChI is InChI=1S/C25H30F3N3O3S.C2HF3O2/c1-31-12-11-24(16-7-8-20(33-2)21(13-16)34-3)10-9-18(15-22(24)31)30-23(32)29-17-5-4-6-19(14-17)35-25(26,27)28;3-2(4,5)1(6)7/h4-8,13-14,18,22H,9-12,15H2,1-3H3,(H2,29,30,32);(H,6,7)/t18-,22+,24+;/m1./s1. The van der Waals surface area contributed by atoms with Crippen molar-refractivity contribution >= 4 is 29.4 Å². The van der Waals surface area contributed by atoms with Gasteiger partial charge in [-0.3, -0.25) is 0 Å². The lowest BCUT2D eigenvalue weighted by Gasteiger charge is -2.45. The fourth-order valence-electron chi connectivity index (χ4n) is 5.52. The summed E-state index contributed by atoms with van der Waals surface area (Å²) in [4.78, 5) is 23.9. The quantitative estimate of drug-likeness (QED) is 0.258. The summed E-state index contributed by atoms with van der Waals surface area (Å²) in [5, 5.41) is 12.8. The summed E-state index contributed by atoms with van der Waals surface area (Å²) in [6, 6.07) is 11.7. The van der Waals surface area contributed by atoms with E-state index < -0.39 is 23.7 Å². The van der Waals surface area contributed by atoms with E-state index in [1.165, 1.54) is 23.8 Å². The number of anilines is 1. The van der Waals surface area contributed by atoms with E-state index in [0.29, 0.717) is 17.2 Å². The molecule has 1 aliphatic heterocycles. The summed E-state index contributed by atoms with van der Waals surface area (Å²) in [6.07, 6.45) is -1.58. The normalized spacial score (nSPS) is 22.3. The number of hydrogen-bond donors (Lipinski definition) is 3. The first-order chi connectivity index (χ1) is 19.6. The highest BCUT2D eigenvalue weighted by molar-refractivity contribution is 8.00. The number of rotatable bonds is 6. The van der Waals surface area contributed by atoms with Crippen molar-refractivity contribution in [1.29, 1.82) is 0 Å². The fourth-order valence-corrected chi connectivity index (χ4v) is 6.12. The molecule has 1 saturated heterocycles. The Morgan fingerprint density at radius 3 is 2.29 bits per heavy atom. The van der Waals surface area contributed by atoms with Gasteiger partial charge >= 0.3 is 23.7 Å². The number of halogens is 6. The molecule has 1 saturated carbocycles. The van der Waals surface area contributed by atoms with E-state index >= 15 is 0 Å². The van der Waals surface area contributed by atoms with Gasteiger partial charge in [0.05, 0.1) is 14.2 Å². The van der Waals surface area contributed by atoms with E-state index in [4.69, 9.17) is 19.4 Å². The number of nitrogens with one attached hydrogen (secondary N) is 2. The van der Waals surface area contributed by atoms with Gasteiger partial charge in [0.1, 0.15) is 0 Å². The highest BCUT2D eigenvalue weighted by Gasteiger charge is 2.50. The van der Waals surface area contributed by atoms with Crippen molar-refractivity contribution in [3.05, 3.63) is 48.0 Å². The Balaban J connectivity index is 0.000000616. The monoisotopic (exact) mass is 623 g/mol.